The fourth-order valence-electron chi connectivity index (χ4n) is 1.74. The number of hydrogen-bond acceptors (Lipinski definition) is 4. The van der Waals surface area contributed by atoms with Crippen LogP contribution in [0.2, 0.25) is 0 Å². The molecule has 0 saturated carbocycles. The third-order valence-corrected chi connectivity index (χ3v) is 3.70. The second-order valence-electron chi connectivity index (χ2n) is 3.60. The molecule has 0 radical (unpaired) electrons. The van der Waals surface area contributed by atoms with Crippen molar-refractivity contribution in [2.45, 2.75) is 6.92 Å². The number of nitrogens with zero attached hydrogens (tertiary/aromatic N) is 3. The molecule has 2 N–H and O–H groups in total. The highest BCUT2D eigenvalue weighted by Crippen LogP contribution is 2.32. The number of nitrogen functional groups attached to an aromatic ring is 1. The maximum absolute atomic E-state index is 5.78. The van der Waals surface area contributed by atoms with Crippen molar-refractivity contribution >= 4 is 22.0 Å². The molecular weight excluding hydrogens is 220 g/mol. The molecule has 16 heavy (non-hydrogen) atoms. The SMILES string of the molecule is Cc1c(-c2cccc(N)c2)sc2ncnn12. The Kier molecular flexibility index (Phi) is 1.94. The summed E-state index contributed by atoms with van der Waals surface area (Å²) in [4.78, 5) is 6.27. The zero-order valence-corrected chi connectivity index (χ0v) is 9.53. The van der Waals surface area contributed by atoms with Gasteiger partial charge in [0, 0.05) is 5.69 Å². The van der Waals surface area contributed by atoms with Crippen LogP contribution in [0.5, 0.6) is 0 Å². The minimum Gasteiger partial charge on any atom is -0.399 e. The summed E-state index contributed by atoms with van der Waals surface area (Å²) in [6, 6.07) is 7.86. The van der Waals surface area contributed by atoms with E-state index in [0.29, 0.717) is 0 Å². The molecule has 0 unspecified atom stereocenters. The van der Waals surface area contributed by atoms with Crippen molar-refractivity contribution < 1.29 is 0 Å². The molecule has 1 aromatic carbocycles. The van der Waals surface area contributed by atoms with Crippen molar-refractivity contribution in [2.24, 2.45) is 0 Å². The van der Waals surface area contributed by atoms with E-state index >= 15 is 0 Å². The summed E-state index contributed by atoms with van der Waals surface area (Å²) in [6.45, 7) is 2.04. The molecule has 0 atom stereocenters. The zero-order valence-electron chi connectivity index (χ0n) is 8.71. The van der Waals surface area contributed by atoms with Gasteiger partial charge in [-0.05, 0) is 24.6 Å². The van der Waals surface area contributed by atoms with Gasteiger partial charge in [0.25, 0.3) is 0 Å². The average molecular weight is 230 g/mol. The van der Waals surface area contributed by atoms with Gasteiger partial charge < -0.3 is 5.73 Å². The molecule has 0 fully saturated rings. The van der Waals surface area contributed by atoms with Crippen LogP contribution in [0.4, 0.5) is 5.69 Å². The normalized spacial score (nSPS) is 11.1. The van der Waals surface area contributed by atoms with Crippen LogP contribution < -0.4 is 5.73 Å². The van der Waals surface area contributed by atoms with Gasteiger partial charge in [0.15, 0.2) is 0 Å². The molecule has 0 spiro atoms. The van der Waals surface area contributed by atoms with Gasteiger partial charge in [-0.15, -0.1) is 0 Å². The van der Waals surface area contributed by atoms with Gasteiger partial charge >= 0.3 is 0 Å². The Labute approximate surface area is 96.4 Å². The van der Waals surface area contributed by atoms with Crippen molar-refractivity contribution in [2.75, 3.05) is 5.73 Å². The van der Waals surface area contributed by atoms with E-state index in [4.69, 9.17) is 5.73 Å². The van der Waals surface area contributed by atoms with Gasteiger partial charge in [0.05, 0.1) is 10.6 Å². The van der Waals surface area contributed by atoms with E-state index in [-0.39, 0.29) is 0 Å². The maximum Gasteiger partial charge on any atom is 0.212 e. The number of nitrogens with two attached hydrogens (primary N) is 1. The predicted molar refractivity (Wildman–Crippen MR) is 65.4 cm³/mol. The first-order valence-corrected chi connectivity index (χ1v) is 5.72. The number of aryl methyl sites for hydroxylation is 1. The summed E-state index contributed by atoms with van der Waals surface area (Å²) in [7, 11) is 0. The lowest BCUT2D eigenvalue weighted by Crippen LogP contribution is -1.88. The number of benzene rings is 1. The summed E-state index contributed by atoms with van der Waals surface area (Å²) >= 11 is 1.63. The van der Waals surface area contributed by atoms with E-state index in [2.05, 4.69) is 16.1 Å². The second kappa shape index (κ2) is 3.31. The summed E-state index contributed by atoms with van der Waals surface area (Å²) in [5, 5.41) is 4.17. The van der Waals surface area contributed by atoms with Crippen LogP contribution in [-0.4, -0.2) is 14.6 Å². The van der Waals surface area contributed by atoms with Crippen LogP contribution >= 0.6 is 11.3 Å². The Morgan fingerprint density at radius 1 is 1.38 bits per heavy atom. The van der Waals surface area contributed by atoms with Crippen LogP contribution in [0.1, 0.15) is 5.69 Å². The molecule has 0 aliphatic rings. The minimum atomic E-state index is 0.774. The molecular formula is C11H10N4S. The lowest BCUT2D eigenvalue weighted by Gasteiger charge is -2.00. The molecule has 2 heterocycles. The minimum absolute atomic E-state index is 0.774. The van der Waals surface area contributed by atoms with E-state index in [1.165, 1.54) is 4.88 Å². The Bertz CT molecular complexity index is 653. The Morgan fingerprint density at radius 2 is 2.25 bits per heavy atom. The summed E-state index contributed by atoms with van der Waals surface area (Å²) in [5.41, 5.74) is 8.78. The first-order chi connectivity index (χ1) is 7.75. The molecule has 4 nitrogen and oxygen atoms in total. The molecule has 80 valence electrons. The molecule has 0 aliphatic heterocycles. The van der Waals surface area contributed by atoms with Crippen molar-refractivity contribution in [3.8, 4) is 10.4 Å². The Morgan fingerprint density at radius 3 is 3.00 bits per heavy atom. The van der Waals surface area contributed by atoms with Gasteiger partial charge in [0.2, 0.25) is 4.96 Å². The lowest BCUT2D eigenvalue weighted by atomic mass is 10.1. The average Bonchev–Trinajstić information content (AvgIpc) is 2.82. The van der Waals surface area contributed by atoms with Gasteiger partial charge in [-0.2, -0.15) is 5.10 Å². The molecule has 3 aromatic rings. The first kappa shape index (κ1) is 9.35. The van der Waals surface area contributed by atoms with E-state index < -0.39 is 0 Å². The summed E-state index contributed by atoms with van der Waals surface area (Å²) < 4.78 is 1.85. The molecule has 0 amide bonds. The van der Waals surface area contributed by atoms with Crippen molar-refractivity contribution in [3.63, 3.8) is 0 Å². The fourth-order valence-corrected chi connectivity index (χ4v) is 2.77. The highest BCUT2D eigenvalue weighted by molar-refractivity contribution is 7.20. The van der Waals surface area contributed by atoms with Crippen LogP contribution in [0.15, 0.2) is 30.6 Å². The van der Waals surface area contributed by atoms with Crippen molar-refractivity contribution in [3.05, 3.63) is 36.3 Å². The van der Waals surface area contributed by atoms with Crippen LogP contribution in [0.25, 0.3) is 15.4 Å². The summed E-state index contributed by atoms with van der Waals surface area (Å²) in [6.07, 6.45) is 1.57. The third kappa shape index (κ3) is 1.29. The third-order valence-electron chi connectivity index (χ3n) is 2.50. The number of rotatable bonds is 1. The zero-order chi connectivity index (χ0) is 11.1. The number of thiazole rings is 1. The summed E-state index contributed by atoms with van der Waals surface area (Å²) in [5.74, 6) is 0. The largest absolute Gasteiger partial charge is 0.399 e. The molecule has 3 rings (SSSR count). The first-order valence-electron chi connectivity index (χ1n) is 4.91. The fraction of sp³-hybridized carbons (Fsp3) is 0.0909. The van der Waals surface area contributed by atoms with E-state index in [1.807, 2.05) is 29.6 Å². The van der Waals surface area contributed by atoms with Crippen LogP contribution in [0, 0.1) is 6.92 Å². The Balaban J connectivity index is 2.25. The molecule has 5 heteroatoms. The lowest BCUT2D eigenvalue weighted by molar-refractivity contribution is 0.933. The number of aromatic nitrogens is 3. The van der Waals surface area contributed by atoms with Crippen molar-refractivity contribution in [1.82, 2.24) is 14.6 Å². The molecule has 2 aromatic heterocycles. The maximum atomic E-state index is 5.78. The Hall–Kier alpha value is -1.88. The number of anilines is 1. The van der Waals surface area contributed by atoms with Crippen LogP contribution in [0.3, 0.4) is 0 Å². The van der Waals surface area contributed by atoms with E-state index in [9.17, 15) is 0 Å². The van der Waals surface area contributed by atoms with E-state index in [1.54, 1.807) is 17.7 Å². The number of fused-ring (bicyclic) bond motifs is 1. The van der Waals surface area contributed by atoms with Gasteiger partial charge in [-0.25, -0.2) is 9.50 Å². The van der Waals surface area contributed by atoms with Gasteiger partial charge in [-0.1, -0.05) is 23.5 Å². The monoisotopic (exact) mass is 230 g/mol. The molecule has 0 aliphatic carbocycles. The highest BCUT2D eigenvalue weighted by atomic mass is 32.1. The standard InChI is InChI=1S/C11H10N4S/c1-7-10(8-3-2-4-9(12)5-8)16-11-13-6-14-15(7)11/h2-6H,12H2,1H3. The predicted octanol–water partition coefficient (Wildman–Crippen LogP) is 2.35. The van der Waals surface area contributed by atoms with E-state index in [0.717, 1.165) is 21.9 Å². The van der Waals surface area contributed by atoms with Crippen LogP contribution in [-0.2, 0) is 0 Å². The smallest absolute Gasteiger partial charge is 0.212 e. The molecule has 0 saturated heterocycles. The number of hydrogen-bond donors (Lipinski definition) is 1. The van der Waals surface area contributed by atoms with Gasteiger partial charge in [-0.3, -0.25) is 0 Å². The van der Waals surface area contributed by atoms with Gasteiger partial charge in [0.1, 0.15) is 6.33 Å². The topological polar surface area (TPSA) is 56.2 Å². The van der Waals surface area contributed by atoms with Crippen molar-refractivity contribution in [1.29, 1.82) is 0 Å². The highest BCUT2D eigenvalue weighted by Gasteiger charge is 2.11. The second-order valence-corrected chi connectivity index (χ2v) is 4.57. The molecule has 0 bridgehead atoms. The quantitative estimate of drug-likeness (QED) is 0.653.